The van der Waals surface area contributed by atoms with Gasteiger partial charge in [-0.1, -0.05) is 11.8 Å². The van der Waals surface area contributed by atoms with E-state index >= 15 is 0 Å². The van der Waals surface area contributed by atoms with Crippen LogP contribution in [0.2, 0.25) is 0 Å². The fraction of sp³-hybridized carbons (Fsp3) is 0.200. The number of amides is 1. The van der Waals surface area contributed by atoms with Crippen LogP contribution in [0, 0.1) is 24.6 Å². The number of hydrogen-bond donors (Lipinski definition) is 2. The Morgan fingerprint density at radius 3 is 3.00 bits per heavy atom. The second-order valence-corrected chi connectivity index (χ2v) is 5.50. The van der Waals surface area contributed by atoms with Crippen LogP contribution in [0.5, 0.6) is 0 Å². The number of hydrogen-bond acceptors (Lipinski definition) is 4. The molecule has 0 saturated heterocycles. The minimum Gasteiger partial charge on any atom is -0.384 e. The van der Waals surface area contributed by atoms with E-state index in [1.54, 1.807) is 6.20 Å². The molecule has 2 N–H and O–H groups in total. The molecule has 0 saturated carbocycles. The van der Waals surface area contributed by atoms with Crippen molar-refractivity contribution in [3.05, 3.63) is 51.2 Å². The Hall–Kier alpha value is -2.23. The average Bonchev–Trinajstić information content (AvgIpc) is 2.89. The van der Waals surface area contributed by atoms with Gasteiger partial charge in [0.1, 0.15) is 12.4 Å². The number of aliphatic hydroxyl groups excluding tert-OH is 1. The van der Waals surface area contributed by atoms with Crippen LogP contribution in [0.25, 0.3) is 0 Å². The van der Waals surface area contributed by atoms with Crippen molar-refractivity contribution in [2.75, 3.05) is 6.61 Å². The summed E-state index contributed by atoms with van der Waals surface area (Å²) in [5.41, 5.74) is 0.408. The summed E-state index contributed by atoms with van der Waals surface area (Å²) in [6, 6.07) is 4.01. The predicted molar refractivity (Wildman–Crippen MR) is 78.4 cm³/mol. The number of carbonyl (C=O) groups is 1. The molecule has 0 radical (unpaired) electrons. The third-order valence-corrected chi connectivity index (χ3v) is 3.53. The van der Waals surface area contributed by atoms with Gasteiger partial charge in [0.15, 0.2) is 0 Å². The summed E-state index contributed by atoms with van der Waals surface area (Å²) in [7, 11) is 0. The molecule has 0 unspecified atom stereocenters. The maximum atomic E-state index is 13.7. The van der Waals surface area contributed by atoms with Gasteiger partial charge >= 0.3 is 0 Å². The fourth-order valence-electron chi connectivity index (χ4n) is 1.67. The van der Waals surface area contributed by atoms with E-state index < -0.39 is 11.7 Å². The molecule has 1 aromatic heterocycles. The summed E-state index contributed by atoms with van der Waals surface area (Å²) in [6.45, 7) is 1.89. The molecule has 0 fully saturated rings. The van der Waals surface area contributed by atoms with Crippen molar-refractivity contribution in [1.82, 2.24) is 10.3 Å². The molecule has 1 aromatic carbocycles. The standard InChI is InChI=1S/C15H13FN2O2S/c1-10-17-8-12(21-10)9-18-15(20)13-7-11(3-2-6-19)4-5-14(13)16/h4-5,7-8,19H,6,9H2,1H3,(H,18,20). The van der Waals surface area contributed by atoms with E-state index in [1.165, 1.54) is 29.5 Å². The van der Waals surface area contributed by atoms with Crippen LogP contribution in [0.15, 0.2) is 24.4 Å². The van der Waals surface area contributed by atoms with Gasteiger partial charge in [-0.2, -0.15) is 0 Å². The minimum absolute atomic E-state index is 0.0685. The Balaban J connectivity index is 2.10. The van der Waals surface area contributed by atoms with Gasteiger partial charge < -0.3 is 10.4 Å². The first kappa shape index (κ1) is 15.2. The molecule has 1 amide bonds. The highest BCUT2D eigenvalue weighted by Crippen LogP contribution is 2.13. The van der Waals surface area contributed by atoms with Gasteiger partial charge in [-0.05, 0) is 25.1 Å². The second-order valence-electron chi connectivity index (χ2n) is 4.18. The molecule has 4 nitrogen and oxygen atoms in total. The van der Waals surface area contributed by atoms with Gasteiger partial charge in [-0.15, -0.1) is 11.3 Å². The average molecular weight is 304 g/mol. The van der Waals surface area contributed by atoms with Gasteiger partial charge in [0, 0.05) is 16.6 Å². The van der Waals surface area contributed by atoms with Crippen molar-refractivity contribution in [1.29, 1.82) is 0 Å². The van der Waals surface area contributed by atoms with Crippen molar-refractivity contribution in [3.8, 4) is 11.8 Å². The smallest absolute Gasteiger partial charge is 0.254 e. The molecule has 0 bridgehead atoms. The van der Waals surface area contributed by atoms with Crippen LogP contribution in [-0.2, 0) is 6.54 Å². The molecule has 6 heteroatoms. The highest BCUT2D eigenvalue weighted by Gasteiger charge is 2.12. The number of carbonyl (C=O) groups excluding carboxylic acids is 1. The predicted octanol–water partition coefficient (Wildman–Crippen LogP) is 1.86. The summed E-state index contributed by atoms with van der Waals surface area (Å²) in [4.78, 5) is 17.0. The van der Waals surface area contributed by atoms with E-state index in [9.17, 15) is 9.18 Å². The van der Waals surface area contributed by atoms with Crippen LogP contribution in [0.3, 0.4) is 0 Å². The monoisotopic (exact) mass is 304 g/mol. The Morgan fingerprint density at radius 1 is 1.52 bits per heavy atom. The van der Waals surface area contributed by atoms with E-state index in [0.29, 0.717) is 12.1 Å². The third-order valence-electron chi connectivity index (χ3n) is 2.62. The lowest BCUT2D eigenvalue weighted by Crippen LogP contribution is -2.23. The number of halogens is 1. The topological polar surface area (TPSA) is 62.2 Å². The van der Waals surface area contributed by atoms with E-state index in [4.69, 9.17) is 5.11 Å². The molecule has 21 heavy (non-hydrogen) atoms. The number of benzene rings is 1. The van der Waals surface area contributed by atoms with E-state index in [2.05, 4.69) is 22.1 Å². The molecular weight excluding hydrogens is 291 g/mol. The lowest BCUT2D eigenvalue weighted by atomic mass is 10.1. The first-order valence-electron chi connectivity index (χ1n) is 6.19. The number of aliphatic hydroxyl groups is 1. The highest BCUT2D eigenvalue weighted by molar-refractivity contribution is 7.11. The van der Waals surface area contributed by atoms with Crippen molar-refractivity contribution in [2.24, 2.45) is 0 Å². The second kappa shape index (κ2) is 6.97. The largest absolute Gasteiger partial charge is 0.384 e. The molecule has 0 spiro atoms. The Labute approximate surface area is 125 Å². The quantitative estimate of drug-likeness (QED) is 0.851. The summed E-state index contributed by atoms with van der Waals surface area (Å²) in [5, 5.41) is 12.2. The Morgan fingerprint density at radius 2 is 2.33 bits per heavy atom. The van der Waals surface area contributed by atoms with Gasteiger partial charge in [-0.3, -0.25) is 4.79 Å². The number of aryl methyl sites for hydroxylation is 1. The lowest BCUT2D eigenvalue weighted by molar-refractivity contribution is 0.0947. The molecule has 0 atom stereocenters. The lowest BCUT2D eigenvalue weighted by Gasteiger charge is -2.05. The van der Waals surface area contributed by atoms with E-state index in [0.717, 1.165) is 9.88 Å². The van der Waals surface area contributed by atoms with Crippen molar-refractivity contribution >= 4 is 17.2 Å². The number of nitrogens with zero attached hydrogens (tertiary/aromatic N) is 1. The van der Waals surface area contributed by atoms with Gasteiger partial charge in [0.25, 0.3) is 5.91 Å². The number of nitrogens with one attached hydrogen (secondary N) is 1. The van der Waals surface area contributed by atoms with Crippen LogP contribution in [-0.4, -0.2) is 22.6 Å². The van der Waals surface area contributed by atoms with Gasteiger partial charge in [-0.25, -0.2) is 9.37 Å². The summed E-state index contributed by atoms with van der Waals surface area (Å²) < 4.78 is 13.7. The molecule has 2 rings (SSSR count). The number of aromatic nitrogens is 1. The van der Waals surface area contributed by atoms with E-state index in [-0.39, 0.29) is 12.2 Å². The zero-order chi connectivity index (χ0) is 15.2. The third kappa shape index (κ3) is 4.12. The van der Waals surface area contributed by atoms with Crippen molar-refractivity contribution in [3.63, 3.8) is 0 Å². The van der Waals surface area contributed by atoms with Crippen LogP contribution in [0.4, 0.5) is 4.39 Å². The normalized spacial score (nSPS) is 9.86. The van der Waals surface area contributed by atoms with Gasteiger partial charge in [0.2, 0.25) is 0 Å². The molecular formula is C15H13FN2O2S. The molecule has 0 aliphatic carbocycles. The van der Waals surface area contributed by atoms with Crippen molar-refractivity contribution in [2.45, 2.75) is 13.5 Å². The zero-order valence-electron chi connectivity index (χ0n) is 11.3. The first-order chi connectivity index (χ1) is 10.1. The van der Waals surface area contributed by atoms with Crippen LogP contribution in [0.1, 0.15) is 25.8 Å². The molecule has 0 aliphatic heterocycles. The molecule has 1 heterocycles. The minimum atomic E-state index is -0.609. The number of thiazole rings is 1. The summed E-state index contributed by atoms with van der Waals surface area (Å²) in [5.74, 6) is 3.98. The Bertz CT molecular complexity index is 716. The summed E-state index contributed by atoms with van der Waals surface area (Å²) in [6.07, 6.45) is 1.68. The summed E-state index contributed by atoms with van der Waals surface area (Å²) >= 11 is 1.47. The van der Waals surface area contributed by atoms with Gasteiger partial charge in [0.05, 0.1) is 17.1 Å². The molecule has 0 aliphatic rings. The molecule has 2 aromatic rings. The fourth-order valence-corrected chi connectivity index (χ4v) is 2.40. The Kier molecular flexibility index (Phi) is 5.04. The highest BCUT2D eigenvalue weighted by atomic mass is 32.1. The van der Waals surface area contributed by atoms with Crippen molar-refractivity contribution < 1.29 is 14.3 Å². The maximum absolute atomic E-state index is 13.7. The SMILES string of the molecule is Cc1ncc(CNC(=O)c2cc(C#CCO)ccc2F)s1. The van der Waals surface area contributed by atoms with Crippen LogP contribution >= 0.6 is 11.3 Å². The van der Waals surface area contributed by atoms with E-state index in [1.807, 2.05) is 6.92 Å². The first-order valence-corrected chi connectivity index (χ1v) is 7.00. The number of rotatable bonds is 3. The molecule has 108 valence electrons. The van der Waals surface area contributed by atoms with Crippen LogP contribution < -0.4 is 5.32 Å². The zero-order valence-corrected chi connectivity index (χ0v) is 12.1. The maximum Gasteiger partial charge on any atom is 0.254 e.